The van der Waals surface area contributed by atoms with Crippen molar-refractivity contribution in [2.75, 3.05) is 11.5 Å². The minimum Gasteiger partial charge on any atom is -0.289 e. The molecule has 122 valence electrons. The van der Waals surface area contributed by atoms with E-state index in [2.05, 4.69) is 0 Å². The van der Waals surface area contributed by atoms with Gasteiger partial charge >= 0.3 is 0 Å². The van der Waals surface area contributed by atoms with Gasteiger partial charge in [0, 0.05) is 22.1 Å². The van der Waals surface area contributed by atoms with E-state index in [1.54, 1.807) is 59.9 Å². The summed E-state index contributed by atoms with van der Waals surface area (Å²) in [6, 6.07) is 13.4. The summed E-state index contributed by atoms with van der Waals surface area (Å²) in [7, 11) is 0. The Kier molecular flexibility index (Phi) is 5.82. The Hall–Kier alpha value is -1.49. The summed E-state index contributed by atoms with van der Waals surface area (Å²) in [4.78, 5) is 12.8. The maximum atomic E-state index is 13.2. The second-order valence-electron chi connectivity index (χ2n) is 5.12. The molecule has 0 aromatic heterocycles. The van der Waals surface area contributed by atoms with Crippen molar-refractivity contribution in [2.24, 2.45) is 0 Å². The van der Waals surface area contributed by atoms with Crippen LogP contribution in [0.25, 0.3) is 11.6 Å². The summed E-state index contributed by atoms with van der Waals surface area (Å²) >= 11 is 9.23. The van der Waals surface area contributed by atoms with Gasteiger partial charge in [0.15, 0.2) is 5.78 Å². The van der Waals surface area contributed by atoms with Crippen LogP contribution in [0.3, 0.4) is 0 Å². The SMILES string of the molecule is O=C(/C=C/c1ccc(Cl)cc1)C(=C1SCCS1)c1ccc(F)cc1. The van der Waals surface area contributed by atoms with Crippen LogP contribution in [0.1, 0.15) is 11.1 Å². The van der Waals surface area contributed by atoms with Gasteiger partial charge in [-0.3, -0.25) is 4.79 Å². The number of thioether (sulfide) groups is 2. The molecule has 2 aromatic rings. The predicted octanol–water partition coefficient (Wildman–Crippen LogP) is 5.91. The number of hydrogen-bond acceptors (Lipinski definition) is 3. The molecular formula is C19H14ClFOS2. The van der Waals surface area contributed by atoms with Crippen molar-refractivity contribution in [1.82, 2.24) is 0 Å². The Bertz CT molecular complexity index is 787. The first-order valence-electron chi connectivity index (χ1n) is 7.37. The van der Waals surface area contributed by atoms with Crippen LogP contribution in [0, 0.1) is 5.82 Å². The quantitative estimate of drug-likeness (QED) is 0.617. The molecule has 5 heteroatoms. The standard InChI is InChI=1S/C19H14ClFOS2/c20-15-6-1-13(2-7-15)3-10-17(22)18(19-23-11-12-24-19)14-4-8-16(21)9-5-14/h1-10H,11-12H2/b10-3+. The number of ketones is 1. The van der Waals surface area contributed by atoms with Gasteiger partial charge in [-0.1, -0.05) is 41.9 Å². The van der Waals surface area contributed by atoms with Gasteiger partial charge in [-0.2, -0.15) is 0 Å². The summed E-state index contributed by atoms with van der Waals surface area (Å²) in [6.07, 6.45) is 3.33. The number of allylic oxidation sites excluding steroid dienone is 2. The fourth-order valence-electron chi connectivity index (χ4n) is 2.26. The highest BCUT2D eigenvalue weighted by Gasteiger charge is 2.20. The third-order valence-corrected chi connectivity index (χ3v) is 6.40. The van der Waals surface area contributed by atoms with Crippen molar-refractivity contribution < 1.29 is 9.18 Å². The molecule has 1 nitrogen and oxygen atoms in total. The van der Waals surface area contributed by atoms with Crippen LogP contribution in [0.15, 0.2) is 58.8 Å². The van der Waals surface area contributed by atoms with Crippen molar-refractivity contribution >= 4 is 52.6 Å². The largest absolute Gasteiger partial charge is 0.289 e. The Labute approximate surface area is 154 Å². The molecule has 0 N–H and O–H groups in total. The molecule has 0 amide bonds. The molecular weight excluding hydrogens is 363 g/mol. The summed E-state index contributed by atoms with van der Waals surface area (Å²) in [5.74, 6) is 1.59. The lowest BCUT2D eigenvalue weighted by molar-refractivity contribution is -0.109. The summed E-state index contributed by atoms with van der Waals surface area (Å²) < 4.78 is 14.2. The van der Waals surface area contributed by atoms with E-state index in [1.807, 2.05) is 12.1 Å². The molecule has 2 aromatic carbocycles. The maximum Gasteiger partial charge on any atom is 0.188 e. The van der Waals surface area contributed by atoms with Gasteiger partial charge in [-0.25, -0.2) is 4.39 Å². The number of hydrogen-bond donors (Lipinski definition) is 0. The third-order valence-electron chi connectivity index (χ3n) is 3.43. The highest BCUT2D eigenvalue weighted by atomic mass is 35.5. The molecule has 1 heterocycles. The van der Waals surface area contributed by atoms with Crippen LogP contribution in [0.5, 0.6) is 0 Å². The second-order valence-corrected chi connectivity index (χ2v) is 8.02. The number of carbonyl (C=O) groups is 1. The lowest BCUT2D eigenvalue weighted by Gasteiger charge is -2.08. The number of benzene rings is 2. The van der Waals surface area contributed by atoms with Gasteiger partial charge in [0.1, 0.15) is 5.82 Å². The molecule has 3 rings (SSSR count). The lowest BCUT2D eigenvalue weighted by Crippen LogP contribution is -2.00. The van der Waals surface area contributed by atoms with Crippen molar-refractivity contribution in [3.8, 4) is 0 Å². The van der Waals surface area contributed by atoms with Crippen molar-refractivity contribution in [3.63, 3.8) is 0 Å². The Morgan fingerprint density at radius 2 is 1.62 bits per heavy atom. The van der Waals surface area contributed by atoms with E-state index in [4.69, 9.17) is 11.6 Å². The molecule has 24 heavy (non-hydrogen) atoms. The minimum atomic E-state index is -0.306. The van der Waals surface area contributed by atoms with Gasteiger partial charge in [0.05, 0.1) is 4.24 Å². The molecule has 0 aliphatic carbocycles. The molecule has 1 saturated heterocycles. The van der Waals surface area contributed by atoms with E-state index in [9.17, 15) is 9.18 Å². The zero-order chi connectivity index (χ0) is 16.9. The maximum absolute atomic E-state index is 13.2. The van der Waals surface area contributed by atoms with Gasteiger partial charge in [0.2, 0.25) is 0 Å². The van der Waals surface area contributed by atoms with Crippen molar-refractivity contribution in [2.45, 2.75) is 0 Å². The fraction of sp³-hybridized carbons (Fsp3) is 0.105. The van der Waals surface area contributed by atoms with E-state index in [-0.39, 0.29) is 11.6 Å². The smallest absolute Gasteiger partial charge is 0.188 e. The van der Waals surface area contributed by atoms with E-state index < -0.39 is 0 Å². The normalized spacial score (nSPS) is 14.3. The van der Waals surface area contributed by atoms with Gasteiger partial charge < -0.3 is 0 Å². The first kappa shape index (κ1) is 17.3. The molecule has 0 saturated carbocycles. The zero-order valence-corrected chi connectivity index (χ0v) is 15.1. The second kappa shape index (κ2) is 8.06. The average molecular weight is 377 g/mol. The van der Waals surface area contributed by atoms with Crippen LogP contribution in [-0.4, -0.2) is 17.3 Å². The van der Waals surface area contributed by atoms with E-state index >= 15 is 0 Å². The Morgan fingerprint density at radius 1 is 1.00 bits per heavy atom. The average Bonchev–Trinajstić information content (AvgIpc) is 3.10. The molecule has 0 atom stereocenters. The number of rotatable bonds is 4. The van der Waals surface area contributed by atoms with Crippen LogP contribution in [0.4, 0.5) is 4.39 Å². The highest BCUT2D eigenvalue weighted by molar-refractivity contribution is 8.25. The molecule has 1 aliphatic rings. The third kappa shape index (κ3) is 4.32. The van der Waals surface area contributed by atoms with E-state index in [0.717, 1.165) is 26.9 Å². The molecule has 0 spiro atoms. The first-order chi connectivity index (χ1) is 11.6. The van der Waals surface area contributed by atoms with Crippen molar-refractivity contribution in [1.29, 1.82) is 0 Å². The lowest BCUT2D eigenvalue weighted by atomic mass is 10.0. The van der Waals surface area contributed by atoms with Gasteiger partial charge in [-0.05, 0) is 41.5 Å². The van der Waals surface area contributed by atoms with Gasteiger partial charge in [0.25, 0.3) is 0 Å². The molecule has 0 radical (unpaired) electrons. The molecule has 0 bridgehead atoms. The van der Waals surface area contributed by atoms with E-state index in [1.165, 1.54) is 12.1 Å². The topological polar surface area (TPSA) is 17.1 Å². The first-order valence-corrected chi connectivity index (χ1v) is 9.72. The van der Waals surface area contributed by atoms with Crippen LogP contribution in [-0.2, 0) is 4.79 Å². The highest BCUT2D eigenvalue weighted by Crippen LogP contribution is 2.42. The molecule has 0 unspecified atom stereocenters. The van der Waals surface area contributed by atoms with Gasteiger partial charge in [-0.15, -0.1) is 23.5 Å². The fourth-order valence-corrected chi connectivity index (χ4v) is 4.98. The van der Waals surface area contributed by atoms with Crippen molar-refractivity contribution in [3.05, 3.63) is 80.8 Å². The molecule has 1 aliphatic heterocycles. The number of halogens is 2. The summed E-state index contributed by atoms with van der Waals surface area (Å²) in [5.41, 5.74) is 2.30. The van der Waals surface area contributed by atoms with Crippen LogP contribution >= 0.6 is 35.1 Å². The van der Waals surface area contributed by atoms with Crippen LogP contribution in [0.2, 0.25) is 5.02 Å². The minimum absolute atomic E-state index is 0.0755. The number of carbonyl (C=O) groups excluding carboxylic acids is 1. The molecule has 1 fully saturated rings. The summed E-state index contributed by atoms with van der Waals surface area (Å²) in [5, 5.41) is 0.659. The monoisotopic (exact) mass is 376 g/mol. The Balaban J connectivity index is 1.91. The Morgan fingerprint density at radius 3 is 2.25 bits per heavy atom. The van der Waals surface area contributed by atoms with E-state index in [0.29, 0.717) is 10.6 Å². The zero-order valence-electron chi connectivity index (χ0n) is 12.7. The van der Waals surface area contributed by atoms with Crippen LogP contribution < -0.4 is 0 Å². The summed E-state index contributed by atoms with van der Waals surface area (Å²) in [6.45, 7) is 0. The predicted molar refractivity (Wildman–Crippen MR) is 104 cm³/mol.